The average Bonchev–Trinajstić information content (AvgIpc) is 3.85. The predicted octanol–water partition coefficient (Wildman–Crippen LogP) is 13.6. The lowest BCUT2D eigenvalue weighted by atomic mass is 9.90. The summed E-state index contributed by atoms with van der Waals surface area (Å²) in [6.45, 7) is 0. The molecule has 0 saturated carbocycles. The number of allylic oxidation sites excluding steroid dienone is 4. The molecule has 7 aromatic carbocycles. The van der Waals surface area contributed by atoms with Gasteiger partial charge in [-0.2, -0.15) is 0 Å². The third-order valence-electron chi connectivity index (χ3n) is 10.9. The Kier molecular flexibility index (Phi) is 6.28. The molecule has 0 saturated heterocycles. The third-order valence-corrected chi connectivity index (χ3v) is 12.0. The van der Waals surface area contributed by atoms with Gasteiger partial charge < -0.3 is 9.47 Å². The number of anilines is 2. The van der Waals surface area contributed by atoms with E-state index in [-0.39, 0.29) is 0 Å². The first kappa shape index (κ1) is 28.7. The summed E-state index contributed by atoms with van der Waals surface area (Å²) in [6.07, 6.45) is 7.89. The van der Waals surface area contributed by atoms with Crippen LogP contribution in [0.4, 0.5) is 11.4 Å². The minimum absolute atomic E-state index is 0.327. The van der Waals surface area contributed by atoms with Gasteiger partial charge in [-0.15, -0.1) is 11.3 Å². The zero-order chi connectivity index (χ0) is 33.5. The van der Waals surface area contributed by atoms with E-state index in [0.717, 1.165) is 6.42 Å². The molecule has 2 nitrogen and oxygen atoms in total. The lowest BCUT2D eigenvalue weighted by Crippen LogP contribution is -2.14. The van der Waals surface area contributed by atoms with E-state index in [4.69, 9.17) is 0 Å². The van der Waals surface area contributed by atoms with Crippen molar-refractivity contribution >= 4 is 64.7 Å². The topological polar surface area (TPSA) is 8.17 Å². The molecule has 3 heterocycles. The quantitative estimate of drug-likeness (QED) is 0.181. The molecule has 9 aromatic rings. The van der Waals surface area contributed by atoms with Gasteiger partial charge in [0.25, 0.3) is 0 Å². The summed E-state index contributed by atoms with van der Waals surface area (Å²) in [6, 6.07) is 58.2. The van der Waals surface area contributed by atoms with Crippen molar-refractivity contribution in [1.29, 1.82) is 0 Å². The predicted molar refractivity (Wildman–Crippen MR) is 218 cm³/mol. The molecule has 1 atom stereocenters. The Morgan fingerprint density at radius 1 is 0.510 bits per heavy atom. The molecule has 0 fully saturated rings. The average molecular weight is 669 g/mol. The monoisotopic (exact) mass is 668 g/mol. The minimum Gasteiger partial charge on any atom is -0.313 e. The smallest absolute Gasteiger partial charge is 0.0551 e. The molecule has 0 N–H and O–H groups in total. The normalized spacial score (nSPS) is 15.2. The largest absolute Gasteiger partial charge is 0.313 e. The molecule has 1 aliphatic carbocycles. The molecule has 2 aromatic heterocycles. The van der Waals surface area contributed by atoms with Gasteiger partial charge in [0, 0.05) is 53.9 Å². The molecule has 2 aliphatic rings. The van der Waals surface area contributed by atoms with Crippen LogP contribution in [0.2, 0.25) is 0 Å². The minimum atomic E-state index is 0.327. The molecule has 0 spiro atoms. The van der Waals surface area contributed by atoms with Crippen molar-refractivity contribution in [2.24, 2.45) is 0 Å². The Labute approximate surface area is 300 Å². The van der Waals surface area contributed by atoms with E-state index in [1.165, 1.54) is 92.6 Å². The van der Waals surface area contributed by atoms with Crippen LogP contribution in [0, 0.1) is 0 Å². The second-order valence-corrected chi connectivity index (χ2v) is 14.8. The number of rotatable bonds is 4. The SMILES string of the molecule is C1=CCC2C(=C1)N(c1cccc3sc4ccccc4c13)c1ccc(-c3ccc4c(c3)c3ccccc3n4-c3cccc(-c4ccccc4)c3)cc12. The molecule has 240 valence electrons. The first-order valence-corrected chi connectivity index (χ1v) is 18.5. The first-order chi connectivity index (χ1) is 25.3. The Balaban J connectivity index is 1.05. The number of benzene rings is 7. The summed E-state index contributed by atoms with van der Waals surface area (Å²) in [5.74, 6) is 0.327. The number of nitrogens with zero attached hydrogens (tertiary/aromatic N) is 2. The van der Waals surface area contributed by atoms with Crippen LogP contribution in [-0.2, 0) is 0 Å². The van der Waals surface area contributed by atoms with Crippen LogP contribution >= 0.6 is 11.3 Å². The van der Waals surface area contributed by atoms with E-state index >= 15 is 0 Å². The van der Waals surface area contributed by atoms with Crippen LogP contribution in [0.25, 0.3) is 69.9 Å². The lowest BCUT2D eigenvalue weighted by molar-refractivity contribution is 0.820. The number of hydrogen-bond donors (Lipinski definition) is 0. The van der Waals surface area contributed by atoms with Gasteiger partial charge in [0.1, 0.15) is 0 Å². The van der Waals surface area contributed by atoms with E-state index in [9.17, 15) is 0 Å². The van der Waals surface area contributed by atoms with Gasteiger partial charge in [0.2, 0.25) is 0 Å². The van der Waals surface area contributed by atoms with Crippen LogP contribution in [0.5, 0.6) is 0 Å². The van der Waals surface area contributed by atoms with E-state index in [1.54, 1.807) is 0 Å². The summed E-state index contributed by atoms with van der Waals surface area (Å²) in [7, 11) is 0. The molecule has 11 rings (SSSR count). The first-order valence-electron chi connectivity index (χ1n) is 17.7. The molecular formula is C48H32N2S. The maximum atomic E-state index is 2.54. The Bertz CT molecular complexity index is 2900. The van der Waals surface area contributed by atoms with Crippen LogP contribution in [-0.4, -0.2) is 4.57 Å². The van der Waals surface area contributed by atoms with Gasteiger partial charge in [-0.05, 0) is 101 Å². The van der Waals surface area contributed by atoms with Crippen molar-refractivity contribution in [3.63, 3.8) is 0 Å². The van der Waals surface area contributed by atoms with Crippen molar-refractivity contribution in [2.75, 3.05) is 4.90 Å². The van der Waals surface area contributed by atoms with Crippen LogP contribution in [0.15, 0.2) is 182 Å². The molecule has 51 heavy (non-hydrogen) atoms. The summed E-state index contributed by atoms with van der Waals surface area (Å²) in [5, 5.41) is 5.22. The van der Waals surface area contributed by atoms with Gasteiger partial charge in [-0.25, -0.2) is 0 Å². The highest BCUT2D eigenvalue weighted by Gasteiger charge is 2.36. The number of para-hydroxylation sites is 1. The molecular weight excluding hydrogens is 637 g/mol. The fraction of sp³-hybridized carbons (Fsp3) is 0.0417. The highest BCUT2D eigenvalue weighted by Crippen LogP contribution is 2.54. The number of thiophene rings is 1. The van der Waals surface area contributed by atoms with Crippen LogP contribution in [0.1, 0.15) is 17.9 Å². The highest BCUT2D eigenvalue weighted by molar-refractivity contribution is 7.26. The maximum Gasteiger partial charge on any atom is 0.0551 e. The lowest BCUT2D eigenvalue weighted by Gasteiger charge is -2.25. The van der Waals surface area contributed by atoms with Gasteiger partial charge in [-0.1, -0.05) is 109 Å². The van der Waals surface area contributed by atoms with E-state index in [0.29, 0.717) is 5.92 Å². The van der Waals surface area contributed by atoms with Gasteiger partial charge in [0.05, 0.1) is 16.7 Å². The Hall–Kier alpha value is -6.16. The zero-order valence-electron chi connectivity index (χ0n) is 27.8. The second-order valence-electron chi connectivity index (χ2n) is 13.7. The number of fused-ring (bicyclic) bond motifs is 9. The number of hydrogen-bond acceptors (Lipinski definition) is 2. The summed E-state index contributed by atoms with van der Waals surface area (Å²) < 4.78 is 5.09. The van der Waals surface area contributed by atoms with Crippen LogP contribution < -0.4 is 4.90 Å². The van der Waals surface area contributed by atoms with Crippen LogP contribution in [0.3, 0.4) is 0 Å². The Morgan fingerprint density at radius 3 is 2.18 bits per heavy atom. The standard InChI is InChI=1S/C48H32N2S/c1-2-12-31(13-3-1)32-14-10-15-35(28-32)49-41-19-7-4-16-36(41)39-29-33(24-26-43(39)49)34-25-27-44-40(30-34)37-17-5-8-20-42(37)50(44)45-21-11-23-47-48(45)38-18-6-9-22-46(38)51-47/h1-16,18-30,37H,17H2. The van der Waals surface area contributed by atoms with Gasteiger partial charge >= 0.3 is 0 Å². The summed E-state index contributed by atoms with van der Waals surface area (Å²) >= 11 is 1.88. The van der Waals surface area contributed by atoms with E-state index in [1.807, 2.05) is 11.3 Å². The molecule has 1 unspecified atom stereocenters. The molecule has 0 bridgehead atoms. The van der Waals surface area contributed by atoms with Crippen molar-refractivity contribution in [3.05, 3.63) is 187 Å². The van der Waals surface area contributed by atoms with Crippen molar-refractivity contribution in [2.45, 2.75) is 12.3 Å². The van der Waals surface area contributed by atoms with Gasteiger partial charge in [0.15, 0.2) is 0 Å². The molecule has 3 heteroatoms. The third kappa shape index (κ3) is 4.35. The fourth-order valence-corrected chi connectivity index (χ4v) is 9.71. The van der Waals surface area contributed by atoms with Crippen molar-refractivity contribution in [1.82, 2.24) is 4.57 Å². The maximum absolute atomic E-state index is 2.54. The van der Waals surface area contributed by atoms with Crippen molar-refractivity contribution < 1.29 is 0 Å². The molecule has 1 aliphatic heterocycles. The van der Waals surface area contributed by atoms with Gasteiger partial charge in [-0.3, -0.25) is 0 Å². The summed E-state index contributed by atoms with van der Waals surface area (Å²) in [5.41, 5.74) is 13.9. The van der Waals surface area contributed by atoms with E-state index < -0.39 is 0 Å². The highest BCUT2D eigenvalue weighted by atomic mass is 32.1. The molecule has 0 radical (unpaired) electrons. The number of aromatic nitrogens is 1. The zero-order valence-corrected chi connectivity index (χ0v) is 28.6. The van der Waals surface area contributed by atoms with Crippen molar-refractivity contribution in [3.8, 4) is 27.9 Å². The second kappa shape index (κ2) is 11.2. The fourth-order valence-electron chi connectivity index (χ4n) is 8.59. The Morgan fingerprint density at radius 2 is 1.24 bits per heavy atom. The molecule has 0 amide bonds. The van der Waals surface area contributed by atoms with E-state index in [2.05, 4.69) is 185 Å². The summed E-state index contributed by atoms with van der Waals surface area (Å²) in [4.78, 5) is 2.54.